The molecule has 10 heteroatoms. The summed E-state index contributed by atoms with van der Waals surface area (Å²) in [5.74, 6) is -2.77. The van der Waals surface area contributed by atoms with Crippen LogP contribution in [-0.2, 0) is 45.2 Å². The van der Waals surface area contributed by atoms with Crippen LogP contribution in [0.15, 0.2) is 53.5 Å². The van der Waals surface area contributed by atoms with Crippen LogP contribution >= 0.6 is 0 Å². The van der Waals surface area contributed by atoms with Crippen LogP contribution in [0.25, 0.3) is 0 Å². The number of ether oxygens (including phenoxy) is 1. The van der Waals surface area contributed by atoms with E-state index in [0.29, 0.717) is 17.8 Å². The maximum atomic E-state index is 11.5. The molecule has 0 radical (unpaired) electrons. The summed E-state index contributed by atoms with van der Waals surface area (Å²) in [5, 5.41) is 10.7. The Labute approximate surface area is 172 Å². The molecule has 0 bridgehead atoms. The van der Waals surface area contributed by atoms with Gasteiger partial charge in [-0.1, -0.05) is 24.3 Å². The average molecular weight is 554 g/mol. The molecule has 0 aliphatic heterocycles. The quantitative estimate of drug-likeness (QED) is 0.165. The van der Waals surface area contributed by atoms with Gasteiger partial charge in [-0.25, -0.2) is 9.59 Å². The van der Waals surface area contributed by atoms with Gasteiger partial charge in [-0.05, 0) is 41.8 Å². The van der Waals surface area contributed by atoms with Crippen LogP contribution < -0.4 is 5.32 Å². The Hall–Kier alpha value is -3.41. The van der Waals surface area contributed by atoms with Gasteiger partial charge in [0.2, 0.25) is 6.08 Å². The standard InChI is InChI=1S/C18H13N2O6.HN.W/c21-11-19-14-5-1-12(2-6-14)9-13-3-7-15(8-4-13)20-18(25)26-17(24)10-16(22)23;;/h1-8,10H,9H2,(H,20,25)(H,22,23);1H;/q-1;;/i;1T;. The molecule has 2 rings (SSSR count). The first-order chi connectivity index (χ1) is 13.9. The van der Waals surface area contributed by atoms with Crippen LogP contribution in [-0.4, -0.2) is 29.2 Å². The molecule has 0 fully saturated rings. The fourth-order valence-corrected chi connectivity index (χ4v) is 2.05. The maximum absolute atomic E-state index is 11.5. The number of nitrogens with zero attached hydrogens (tertiary/aromatic N) is 1. The van der Waals surface area contributed by atoms with E-state index in [4.69, 9.17) is 6.52 Å². The molecule has 0 unspecified atom stereocenters. The molecule has 0 saturated heterocycles. The molecular weight excluding hydrogens is 538 g/mol. The normalized spacial score (nSPS) is 9.36. The first-order valence-electron chi connectivity index (χ1n) is 7.95. The third-order valence-corrected chi connectivity index (χ3v) is 3.15. The van der Waals surface area contributed by atoms with Gasteiger partial charge in [0.15, 0.2) is 11.9 Å². The van der Waals surface area contributed by atoms with Crippen LogP contribution in [0.5, 0.6) is 0 Å². The van der Waals surface area contributed by atoms with E-state index in [2.05, 4.69) is 19.0 Å². The van der Waals surface area contributed by atoms with E-state index >= 15 is 0 Å². The van der Waals surface area contributed by atoms with E-state index in [1.807, 2.05) is 12.1 Å². The van der Waals surface area contributed by atoms with Crippen LogP contribution in [0, 0.1) is 10.3 Å². The van der Waals surface area contributed by atoms with Gasteiger partial charge >= 0.3 is 31.0 Å². The van der Waals surface area contributed by atoms with Crippen LogP contribution in [0.2, 0.25) is 1.41 Å². The second-order valence-corrected chi connectivity index (χ2v) is 5.06. The number of benzene rings is 2. The summed E-state index contributed by atoms with van der Waals surface area (Å²) >= 11 is 0.963. The number of rotatable bonds is 6. The van der Waals surface area contributed by atoms with Gasteiger partial charge in [-0.2, -0.15) is 11.4 Å². The summed E-state index contributed by atoms with van der Waals surface area (Å²) < 4.78 is 13.0. The zero-order valence-electron chi connectivity index (χ0n) is 15.2. The third-order valence-electron chi connectivity index (χ3n) is 3.15. The van der Waals surface area contributed by atoms with Gasteiger partial charge in [0, 0.05) is 5.69 Å². The van der Waals surface area contributed by atoms with E-state index in [9.17, 15) is 19.2 Å². The molecule has 9 nitrogen and oxygen atoms in total. The number of esters is 1. The van der Waals surface area contributed by atoms with Gasteiger partial charge in [0.1, 0.15) is 0 Å². The molecule has 0 spiro atoms. The Bertz CT molecular complexity index is 912. The van der Waals surface area contributed by atoms with E-state index < -0.39 is 18.0 Å². The summed E-state index contributed by atoms with van der Waals surface area (Å²) in [6, 6.07) is 13.9. The molecule has 3 N–H and O–H groups in total. The summed E-state index contributed by atoms with van der Waals surface area (Å²) in [6.07, 6.45) is 1.27. The molecule has 0 heterocycles. The van der Waals surface area contributed by atoms with Crippen molar-refractivity contribution < 1.29 is 50.1 Å². The number of aliphatic carboxylic acids is 1. The summed E-state index contributed by atoms with van der Waals surface area (Å²) in [7, 11) is 0. The second kappa shape index (κ2) is 12.1. The van der Waals surface area contributed by atoms with E-state index in [0.717, 1.165) is 30.8 Å². The summed E-state index contributed by atoms with van der Waals surface area (Å²) in [5.41, 5.74) is 2.88. The number of aliphatic imine (C=N–C) groups is 1. The topological polar surface area (TPSA) is 146 Å². The number of carbonyl (C=O) groups is 3. The molecular formula is C18H14N3O6W-. The minimum absolute atomic E-state index is 0.244. The Morgan fingerprint density at radius 1 is 1.18 bits per heavy atom. The number of carboxylic acids is 1. The minimum atomic E-state index is -1.50. The number of hydrogen-bond acceptors (Lipinski definition) is 7. The van der Waals surface area contributed by atoms with Crippen molar-refractivity contribution in [3.8, 4) is 0 Å². The first-order valence-corrected chi connectivity index (χ1v) is 8.82. The molecule has 28 heavy (non-hydrogen) atoms. The van der Waals surface area contributed by atoms with Crippen LogP contribution in [0.1, 0.15) is 11.1 Å². The van der Waals surface area contributed by atoms with Crippen LogP contribution in [0.3, 0.4) is 0 Å². The number of amides is 1. The van der Waals surface area contributed by atoms with Gasteiger partial charge in [-0.3, -0.25) is 14.9 Å². The number of anilines is 1. The Morgan fingerprint density at radius 3 is 2.21 bits per heavy atom. The van der Waals surface area contributed by atoms with Gasteiger partial charge in [0.05, 0.1) is 5.69 Å². The zero-order chi connectivity index (χ0) is 21.6. The fraction of sp³-hybridized carbons (Fsp3) is 0.0556. The second-order valence-electron chi connectivity index (χ2n) is 5.06. The Morgan fingerprint density at radius 2 is 1.71 bits per heavy atom. The van der Waals surface area contributed by atoms with Crippen molar-refractivity contribution in [2.45, 2.75) is 6.42 Å². The van der Waals surface area contributed by atoms with Crippen molar-refractivity contribution in [3.05, 3.63) is 66.1 Å². The van der Waals surface area contributed by atoms with Gasteiger partial charge in [-0.15, -0.1) is 0 Å². The molecule has 0 atom stereocenters. The predicted octanol–water partition coefficient (Wildman–Crippen LogP) is 2.90. The monoisotopic (exact) mass is 554 g/mol. The van der Waals surface area contributed by atoms with Crippen LogP contribution in [0.4, 0.5) is 16.2 Å². The molecule has 0 saturated carbocycles. The molecule has 0 aromatic heterocycles. The molecule has 144 valence electrons. The fourth-order valence-electron chi connectivity index (χ4n) is 2.05. The van der Waals surface area contributed by atoms with Crippen molar-refractivity contribution in [1.82, 2.24) is 0 Å². The number of nitrogens with one attached hydrogen (secondary N) is 2. The third kappa shape index (κ3) is 8.31. The van der Waals surface area contributed by atoms with Crippen molar-refractivity contribution in [2.75, 3.05) is 5.32 Å². The first kappa shape index (κ1) is 20.9. The zero-order valence-corrected chi connectivity index (χ0v) is 17.1. The van der Waals surface area contributed by atoms with Crippen molar-refractivity contribution in [3.63, 3.8) is 0 Å². The Balaban J connectivity index is 0.00000132. The van der Waals surface area contributed by atoms with Crippen molar-refractivity contribution in [1.29, 1.82) is 3.91 Å². The van der Waals surface area contributed by atoms with E-state index in [1.165, 1.54) is 6.08 Å². The van der Waals surface area contributed by atoms with E-state index in [-0.39, 0.29) is 6.42 Å². The molecule has 0 aliphatic carbocycles. The SMILES string of the molecule is O=C=Nc1ccc(Cc2ccc(NC(=O)OC(=O)[CH-]C(=O)O)cc2)cc1.[3H][N]=[W]. The number of carboxylic acid groups (broad SMARTS) is 1. The van der Waals surface area contributed by atoms with Crippen molar-refractivity contribution >= 4 is 35.5 Å². The average Bonchev–Trinajstić information content (AvgIpc) is 2.65. The van der Waals surface area contributed by atoms with E-state index in [1.54, 1.807) is 36.4 Å². The Kier molecular flexibility index (Phi) is 9.00. The molecule has 2 aromatic rings. The summed E-state index contributed by atoms with van der Waals surface area (Å²) in [4.78, 5) is 46.5. The van der Waals surface area contributed by atoms with Gasteiger partial charge in [0.25, 0.3) is 0 Å². The number of isocyanates is 1. The number of carbonyl (C=O) groups excluding carboxylic acids is 3. The molecule has 2 aromatic carbocycles. The van der Waals surface area contributed by atoms with Gasteiger partial charge < -0.3 is 9.84 Å². The molecule has 0 aliphatic rings. The number of hydrogen-bond donors (Lipinski definition) is 3. The summed E-state index contributed by atoms with van der Waals surface area (Å²) in [6.45, 7) is 0. The predicted molar refractivity (Wildman–Crippen MR) is 93.2 cm³/mol. The molecule has 1 amide bonds. The van der Waals surface area contributed by atoms with Crippen molar-refractivity contribution in [2.24, 2.45) is 4.99 Å².